The summed E-state index contributed by atoms with van der Waals surface area (Å²) in [6.45, 7) is 5.17. The Bertz CT molecular complexity index is 301. The van der Waals surface area contributed by atoms with Crippen molar-refractivity contribution < 1.29 is 0 Å². The zero-order valence-corrected chi connectivity index (χ0v) is 7.67. The quantitative estimate of drug-likeness (QED) is 0.617. The first-order valence-electron chi connectivity index (χ1n) is 4.46. The molecule has 2 N–H and O–H groups in total. The molecular weight excluding hydrogens is 150 g/mol. The van der Waals surface area contributed by atoms with Crippen LogP contribution in [0.4, 0.5) is 0 Å². The molecule has 0 amide bonds. The average Bonchev–Trinajstić information content (AvgIpc) is 2.28. The van der Waals surface area contributed by atoms with Gasteiger partial charge in [-0.2, -0.15) is 0 Å². The Morgan fingerprint density at radius 3 is 3.00 bits per heavy atom. The van der Waals surface area contributed by atoms with Gasteiger partial charge < -0.3 is 10.3 Å². The maximum atomic E-state index is 5.89. The number of nitrogens with two attached hydrogens (primary N) is 1. The van der Waals surface area contributed by atoms with Crippen LogP contribution in [0.3, 0.4) is 0 Å². The summed E-state index contributed by atoms with van der Waals surface area (Å²) >= 11 is 0. The van der Waals surface area contributed by atoms with Crippen LogP contribution >= 0.6 is 0 Å². The van der Waals surface area contributed by atoms with E-state index in [0.717, 1.165) is 30.9 Å². The van der Waals surface area contributed by atoms with E-state index in [2.05, 4.69) is 23.4 Å². The van der Waals surface area contributed by atoms with E-state index in [-0.39, 0.29) is 0 Å². The fourth-order valence-electron chi connectivity index (χ4n) is 1.96. The van der Waals surface area contributed by atoms with Crippen molar-refractivity contribution in [2.75, 3.05) is 0 Å². The van der Waals surface area contributed by atoms with Crippen LogP contribution in [0, 0.1) is 13.8 Å². The predicted octanol–water partition coefficient (Wildman–Crippen LogP) is 0.773. The van der Waals surface area contributed by atoms with Crippen molar-refractivity contribution in [3.05, 3.63) is 17.2 Å². The third kappa shape index (κ3) is 1.05. The van der Waals surface area contributed by atoms with Crippen LogP contribution in [0.5, 0.6) is 0 Å². The highest BCUT2D eigenvalue weighted by molar-refractivity contribution is 5.18. The van der Waals surface area contributed by atoms with Gasteiger partial charge in [0.15, 0.2) is 0 Å². The number of rotatable bonds is 0. The van der Waals surface area contributed by atoms with E-state index < -0.39 is 0 Å². The van der Waals surface area contributed by atoms with Crippen molar-refractivity contribution in [2.24, 2.45) is 5.73 Å². The smallest absolute Gasteiger partial charge is 0.106 e. The molecule has 0 aliphatic carbocycles. The minimum atomic E-state index is 0.340. The van der Waals surface area contributed by atoms with Crippen LogP contribution in [0.25, 0.3) is 0 Å². The Morgan fingerprint density at radius 1 is 1.50 bits per heavy atom. The standard InChI is InChI=1S/C9H15N3/c1-6-9-5-8(10)3-4-12(9)7(2)11-6/h8H,3-5,10H2,1-2H3. The van der Waals surface area contributed by atoms with Crippen molar-refractivity contribution in [2.45, 2.75) is 39.3 Å². The number of fused-ring (bicyclic) bond motifs is 1. The van der Waals surface area contributed by atoms with Gasteiger partial charge in [0.2, 0.25) is 0 Å². The fourth-order valence-corrected chi connectivity index (χ4v) is 1.96. The highest BCUT2D eigenvalue weighted by Crippen LogP contribution is 2.18. The highest BCUT2D eigenvalue weighted by Gasteiger charge is 2.19. The van der Waals surface area contributed by atoms with Gasteiger partial charge >= 0.3 is 0 Å². The summed E-state index contributed by atoms with van der Waals surface area (Å²) in [6, 6.07) is 0.340. The van der Waals surface area contributed by atoms with Gasteiger partial charge in [0.25, 0.3) is 0 Å². The molecule has 0 saturated carbocycles. The van der Waals surface area contributed by atoms with Crippen molar-refractivity contribution in [3.8, 4) is 0 Å². The summed E-state index contributed by atoms with van der Waals surface area (Å²) in [7, 11) is 0. The molecule has 0 radical (unpaired) electrons. The van der Waals surface area contributed by atoms with E-state index in [1.165, 1.54) is 5.69 Å². The van der Waals surface area contributed by atoms with Gasteiger partial charge in [0.1, 0.15) is 5.82 Å². The Kier molecular flexibility index (Phi) is 1.68. The lowest BCUT2D eigenvalue weighted by Gasteiger charge is -2.21. The first kappa shape index (κ1) is 7.80. The Morgan fingerprint density at radius 2 is 2.25 bits per heavy atom. The summed E-state index contributed by atoms with van der Waals surface area (Å²) in [4.78, 5) is 4.43. The van der Waals surface area contributed by atoms with Gasteiger partial charge in [-0.15, -0.1) is 0 Å². The summed E-state index contributed by atoms with van der Waals surface area (Å²) < 4.78 is 2.29. The van der Waals surface area contributed by atoms with E-state index in [1.54, 1.807) is 0 Å². The monoisotopic (exact) mass is 165 g/mol. The van der Waals surface area contributed by atoms with E-state index in [1.807, 2.05) is 0 Å². The van der Waals surface area contributed by atoms with Crippen molar-refractivity contribution >= 4 is 0 Å². The van der Waals surface area contributed by atoms with Gasteiger partial charge in [-0.3, -0.25) is 0 Å². The molecular formula is C9H15N3. The van der Waals surface area contributed by atoms with Crippen LogP contribution in [0.1, 0.15) is 23.6 Å². The highest BCUT2D eigenvalue weighted by atomic mass is 15.1. The lowest BCUT2D eigenvalue weighted by molar-refractivity contribution is 0.464. The van der Waals surface area contributed by atoms with Gasteiger partial charge in [0, 0.05) is 24.7 Å². The largest absolute Gasteiger partial charge is 0.332 e. The van der Waals surface area contributed by atoms with Crippen molar-refractivity contribution in [1.82, 2.24) is 9.55 Å². The summed E-state index contributed by atoms with van der Waals surface area (Å²) in [5, 5.41) is 0. The molecule has 1 aliphatic heterocycles. The molecule has 0 saturated heterocycles. The maximum absolute atomic E-state index is 5.89. The van der Waals surface area contributed by atoms with Crippen LogP contribution < -0.4 is 5.73 Å². The average molecular weight is 165 g/mol. The predicted molar refractivity (Wildman–Crippen MR) is 48.0 cm³/mol. The Balaban J connectivity index is 2.45. The number of aryl methyl sites for hydroxylation is 2. The SMILES string of the molecule is Cc1nc(C)n2c1CC(N)CC2. The molecule has 2 rings (SSSR count). The lowest BCUT2D eigenvalue weighted by Crippen LogP contribution is -2.31. The third-order valence-corrected chi connectivity index (χ3v) is 2.64. The van der Waals surface area contributed by atoms with Crippen LogP contribution in [0.2, 0.25) is 0 Å². The third-order valence-electron chi connectivity index (χ3n) is 2.64. The molecule has 2 heterocycles. The number of imidazole rings is 1. The molecule has 1 unspecified atom stereocenters. The molecule has 0 fully saturated rings. The lowest BCUT2D eigenvalue weighted by atomic mass is 10.0. The summed E-state index contributed by atoms with van der Waals surface area (Å²) in [6.07, 6.45) is 2.08. The van der Waals surface area contributed by atoms with Crippen LogP contribution in [-0.2, 0) is 13.0 Å². The fraction of sp³-hybridized carbons (Fsp3) is 0.667. The summed E-state index contributed by atoms with van der Waals surface area (Å²) in [5.74, 6) is 1.13. The number of hydrogen-bond acceptors (Lipinski definition) is 2. The second-order valence-electron chi connectivity index (χ2n) is 3.60. The van der Waals surface area contributed by atoms with E-state index in [9.17, 15) is 0 Å². The van der Waals surface area contributed by atoms with Gasteiger partial charge in [-0.05, 0) is 20.3 Å². The molecule has 1 aromatic rings. The molecule has 66 valence electrons. The molecule has 0 spiro atoms. The molecule has 3 nitrogen and oxygen atoms in total. The van der Waals surface area contributed by atoms with E-state index in [0.29, 0.717) is 6.04 Å². The first-order valence-corrected chi connectivity index (χ1v) is 4.46. The molecule has 1 aliphatic rings. The molecule has 3 heteroatoms. The van der Waals surface area contributed by atoms with Crippen LogP contribution in [0.15, 0.2) is 0 Å². The Hall–Kier alpha value is -0.830. The second-order valence-corrected chi connectivity index (χ2v) is 3.60. The number of nitrogens with zero attached hydrogens (tertiary/aromatic N) is 2. The Labute approximate surface area is 72.6 Å². The molecule has 0 bridgehead atoms. The minimum Gasteiger partial charge on any atom is -0.332 e. The molecule has 1 atom stereocenters. The van der Waals surface area contributed by atoms with Gasteiger partial charge in [-0.1, -0.05) is 0 Å². The van der Waals surface area contributed by atoms with Gasteiger partial charge in [0.05, 0.1) is 5.69 Å². The normalized spacial score (nSPS) is 22.4. The maximum Gasteiger partial charge on any atom is 0.106 e. The van der Waals surface area contributed by atoms with E-state index >= 15 is 0 Å². The number of hydrogen-bond donors (Lipinski definition) is 1. The topological polar surface area (TPSA) is 43.8 Å². The molecule has 12 heavy (non-hydrogen) atoms. The first-order chi connectivity index (χ1) is 5.68. The van der Waals surface area contributed by atoms with Crippen molar-refractivity contribution in [3.63, 3.8) is 0 Å². The minimum absolute atomic E-state index is 0.340. The van der Waals surface area contributed by atoms with E-state index in [4.69, 9.17) is 5.73 Å². The number of aromatic nitrogens is 2. The van der Waals surface area contributed by atoms with Gasteiger partial charge in [-0.25, -0.2) is 4.98 Å². The van der Waals surface area contributed by atoms with Crippen molar-refractivity contribution in [1.29, 1.82) is 0 Å². The summed E-state index contributed by atoms with van der Waals surface area (Å²) in [5.41, 5.74) is 8.38. The molecule has 0 aromatic carbocycles. The molecule has 1 aromatic heterocycles. The zero-order chi connectivity index (χ0) is 8.72. The second kappa shape index (κ2) is 2.59. The van der Waals surface area contributed by atoms with Crippen LogP contribution in [-0.4, -0.2) is 15.6 Å². The zero-order valence-electron chi connectivity index (χ0n) is 7.67.